The second-order valence-corrected chi connectivity index (χ2v) is 3.29. The molecule has 0 spiro atoms. The van der Waals surface area contributed by atoms with Gasteiger partial charge in [-0.2, -0.15) is 5.10 Å². The molecule has 1 aromatic carbocycles. The van der Waals surface area contributed by atoms with Crippen LogP contribution in [0.1, 0.15) is 16.9 Å². The van der Waals surface area contributed by atoms with Crippen LogP contribution in [0.15, 0.2) is 42.6 Å². The van der Waals surface area contributed by atoms with Gasteiger partial charge in [0.1, 0.15) is 5.69 Å². The van der Waals surface area contributed by atoms with Gasteiger partial charge in [0.05, 0.1) is 12.1 Å². The lowest BCUT2D eigenvalue weighted by atomic mass is 10.2. The van der Waals surface area contributed by atoms with Crippen molar-refractivity contribution in [1.82, 2.24) is 9.78 Å². The highest BCUT2D eigenvalue weighted by molar-refractivity contribution is 5.95. The van der Waals surface area contributed by atoms with Gasteiger partial charge in [0.2, 0.25) is 0 Å². The van der Waals surface area contributed by atoms with Crippen LogP contribution in [0.3, 0.4) is 0 Å². The first-order chi connectivity index (χ1) is 7.81. The number of carbonyl (C=O) groups excluding carboxylic acids is 1. The van der Waals surface area contributed by atoms with Crippen LogP contribution in [0.25, 0.3) is 5.69 Å². The van der Waals surface area contributed by atoms with E-state index in [0.717, 1.165) is 5.69 Å². The molecule has 0 atom stereocenters. The maximum atomic E-state index is 11.5. The predicted octanol–water partition coefficient (Wildman–Crippen LogP) is 2.08. The topological polar surface area (TPSA) is 34.9 Å². The smallest absolute Gasteiger partial charge is 0.194 e. The van der Waals surface area contributed by atoms with Crippen LogP contribution >= 0.6 is 0 Å². The normalized spacial score (nSPS) is 9.69. The molecule has 0 radical (unpaired) electrons. The fourth-order valence-electron chi connectivity index (χ4n) is 1.38. The molecule has 3 heteroatoms. The molecule has 1 aromatic heterocycles. The highest BCUT2D eigenvalue weighted by atomic mass is 16.1. The van der Waals surface area contributed by atoms with Crippen LogP contribution in [0.2, 0.25) is 0 Å². The molecule has 0 saturated heterocycles. The van der Waals surface area contributed by atoms with Gasteiger partial charge in [0.25, 0.3) is 0 Å². The summed E-state index contributed by atoms with van der Waals surface area (Å²) in [4.78, 5) is 11.5. The van der Waals surface area contributed by atoms with E-state index in [4.69, 9.17) is 6.42 Å². The number of ketones is 1. The molecular weight excluding hydrogens is 200 g/mol. The second kappa shape index (κ2) is 4.45. The molecule has 2 aromatic rings. The van der Waals surface area contributed by atoms with Gasteiger partial charge in [-0.25, -0.2) is 4.68 Å². The number of aromatic nitrogens is 2. The monoisotopic (exact) mass is 210 g/mol. The van der Waals surface area contributed by atoms with Crippen molar-refractivity contribution in [1.29, 1.82) is 0 Å². The molecule has 0 fully saturated rings. The number of para-hydroxylation sites is 1. The van der Waals surface area contributed by atoms with E-state index in [1.807, 2.05) is 30.3 Å². The van der Waals surface area contributed by atoms with Crippen molar-refractivity contribution in [3.63, 3.8) is 0 Å². The quantitative estimate of drug-likeness (QED) is 0.574. The molecule has 2 rings (SSSR count). The van der Waals surface area contributed by atoms with Gasteiger partial charge in [-0.05, 0) is 18.2 Å². The van der Waals surface area contributed by atoms with Crippen molar-refractivity contribution < 1.29 is 4.79 Å². The van der Waals surface area contributed by atoms with Gasteiger partial charge < -0.3 is 0 Å². The summed E-state index contributed by atoms with van der Waals surface area (Å²) >= 11 is 0. The van der Waals surface area contributed by atoms with Crippen molar-refractivity contribution in [2.75, 3.05) is 0 Å². The van der Waals surface area contributed by atoms with Crippen LogP contribution < -0.4 is 0 Å². The van der Waals surface area contributed by atoms with Crippen LogP contribution in [0.5, 0.6) is 0 Å². The lowest BCUT2D eigenvalue weighted by Crippen LogP contribution is -2.01. The Morgan fingerprint density at radius 2 is 2.06 bits per heavy atom. The van der Waals surface area contributed by atoms with Crippen LogP contribution in [0.4, 0.5) is 0 Å². The van der Waals surface area contributed by atoms with Crippen molar-refractivity contribution in [3.8, 4) is 18.0 Å². The molecule has 0 bridgehead atoms. The Bertz CT molecular complexity index is 535. The first kappa shape index (κ1) is 10.2. The van der Waals surface area contributed by atoms with E-state index in [0.29, 0.717) is 5.69 Å². The molecule has 1 heterocycles. The van der Waals surface area contributed by atoms with E-state index in [1.54, 1.807) is 16.9 Å². The number of carbonyl (C=O) groups is 1. The van der Waals surface area contributed by atoms with Gasteiger partial charge in [0, 0.05) is 6.20 Å². The Balaban J connectivity index is 2.27. The summed E-state index contributed by atoms with van der Waals surface area (Å²) in [6.07, 6.45) is 6.92. The minimum Gasteiger partial charge on any atom is -0.291 e. The Labute approximate surface area is 93.7 Å². The average molecular weight is 210 g/mol. The Hall–Kier alpha value is -2.34. The summed E-state index contributed by atoms with van der Waals surface area (Å²) < 4.78 is 1.66. The SMILES string of the molecule is C#CCC(=O)c1ccn(-c2ccccc2)n1. The highest BCUT2D eigenvalue weighted by Crippen LogP contribution is 2.07. The van der Waals surface area contributed by atoms with E-state index < -0.39 is 0 Å². The van der Waals surface area contributed by atoms with Gasteiger partial charge in [-0.1, -0.05) is 24.1 Å². The molecule has 0 aliphatic rings. The second-order valence-electron chi connectivity index (χ2n) is 3.29. The van der Waals surface area contributed by atoms with E-state index in [9.17, 15) is 4.79 Å². The van der Waals surface area contributed by atoms with Gasteiger partial charge >= 0.3 is 0 Å². The van der Waals surface area contributed by atoms with Gasteiger partial charge in [0.15, 0.2) is 5.78 Å². The third-order valence-corrected chi connectivity index (χ3v) is 2.16. The Morgan fingerprint density at radius 1 is 1.31 bits per heavy atom. The minimum absolute atomic E-state index is 0.0891. The van der Waals surface area contributed by atoms with E-state index in [-0.39, 0.29) is 12.2 Å². The standard InChI is InChI=1S/C13H10N2O/c1-2-6-13(16)12-9-10-15(14-12)11-7-4-3-5-8-11/h1,3-5,7-10H,6H2. The summed E-state index contributed by atoms with van der Waals surface area (Å²) in [5, 5.41) is 4.17. The first-order valence-corrected chi connectivity index (χ1v) is 4.89. The molecule has 0 N–H and O–H groups in total. The first-order valence-electron chi connectivity index (χ1n) is 4.89. The summed E-state index contributed by atoms with van der Waals surface area (Å²) in [5.41, 5.74) is 1.32. The van der Waals surface area contributed by atoms with E-state index >= 15 is 0 Å². The number of benzene rings is 1. The number of hydrogen-bond donors (Lipinski definition) is 0. The molecular formula is C13H10N2O. The van der Waals surface area contributed by atoms with Gasteiger partial charge in [-0.3, -0.25) is 4.79 Å². The number of hydrogen-bond acceptors (Lipinski definition) is 2. The molecule has 0 aliphatic carbocycles. The highest BCUT2D eigenvalue weighted by Gasteiger charge is 2.08. The third-order valence-electron chi connectivity index (χ3n) is 2.16. The predicted molar refractivity (Wildman–Crippen MR) is 61.3 cm³/mol. The number of nitrogens with zero attached hydrogens (tertiary/aromatic N) is 2. The third kappa shape index (κ3) is 2.01. The Kier molecular flexibility index (Phi) is 2.84. The maximum absolute atomic E-state index is 11.5. The summed E-state index contributed by atoms with van der Waals surface area (Å²) in [7, 11) is 0. The summed E-state index contributed by atoms with van der Waals surface area (Å²) in [6.45, 7) is 0. The van der Waals surface area contributed by atoms with Crippen LogP contribution in [-0.4, -0.2) is 15.6 Å². The molecule has 3 nitrogen and oxygen atoms in total. The fourth-order valence-corrected chi connectivity index (χ4v) is 1.38. The summed E-state index contributed by atoms with van der Waals surface area (Å²) in [6, 6.07) is 11.3. The zero-order valence-corrected chi connectivity index (χ0v) is 8.63. The number of rotatable bonds is 3. The average Bonchev–Trinajstić information content (AvgIpc) is 2.80. The van der Waals surface area contributed by atoms with E-state index in [1.165, 1.54) is 0 Å². The lowest BCUT2D eigenvalue weighted by molar-refractivity contribution is 0.0993. The zero-order chi connectivity index (χ0) is 11.4. The fraction of sp³-hybridized carbons (Fsp3) is 0.0769. The van der Waals surface area contributed by atoms with Crippen molar-refractivity contribution in [2.24, 2.45) is 0 Å². The molecule has 0 aliphatic heterocycles. The van der Waals surface area contributed by atoms with Crippen LogP contribution in [0, 0.1) is 12.3 Å². The minimum atomic E-state index is -0.128. The number of Topliss-reactive ketones (excluding diaryl/α,β-unsaturated/α-hetero) is 1. The zero-order valence-electron chi connectivity index (χ0n) is 8.63. The van der Waals surface area contributed by atoms with Gasteiger partial charge in [-0.15, -0.1) is 6.42 Å². The van der Waals surface area contributed by atoms with Crippen molar-refractivity contribution in [2.45, 2.75) is 6.42 Å². The largest absolute Gasteiger partial charge is 0.291 e. The lowest BCUT2D eigenvalue weighted by Gasteiger charge is -1.99. The maximum Gasteiger partial charge on any atom is 0.194 e. The molecule has 0 saturated carbocycles. The molecule has 16 heavy (non-hydrogen) atoms. The van der Waals surface area contributed by atoms with Crippen molar-refractivity contribution >= 4 is 5.78 Å². The molecule has 78 valence electrons. The molecule has 0 unspecified atom stereocenters. The van der Waals surface area contributed by atoms with Crippen LogP contribution in [-0.2, 0) is 0 Å². The number of terminal acetylenes is 1. The van der Waals surface area contributed by atoms with Crippen molar-refractivity contribution in [3.05, 3.63) is 48.3 Å². The summed E-state index contributed by atoms with van der Waals surface area (Å²) in [5.74, 6) is 2.19. The molecule has 0 amide bonds. The van der Waals surface area contributed by atoms with E-state index in [2.05, 4.69) is 11.0 Å². The Morgan fingerprint density at radius 3 is 2.75 bits per heavy atom.